The molecule has 2 aliphatic rings. The zero-order chi connectivity index (χ0) is 35.3. The summed E-state index contributed by atoms with van der Waals surface area (Å²) in [5.41, 5.74) is -4.82. The normalized spacial score (nSPS) is 18.0. The van der Waals surface area contributed by atoms with Crippen LogP contribution in [0.3, 0.4) is 0 Å². The van der Waals surface area contributed by atoms with E-state index in [0.717, 1.165) is 37.1 Å². The Bertz CT molecular complexity index is 1340. The van der Waals surface area contributed by atoms with E-state index in [1.165, 1.54) is 21.9 Å². The molecule has 0 aliphatic carbocycles. The molecule has 0 bridgehead atoms. The maximum Gasteiger partial charge on any atom is 0.417 e. The van der Waals surface area contributed by atoms with Crippen LogP contribution < -0.4 is 10.6 Å². The largest absolute Gasteiger partial charge is 0.417 e. The highest BCUT2D eigenvalue weighted by molar-refractivity contribution is 6.31. The molecule has 0 saturated carbocycles. The molecular formula is C32H38Cl2F6N4O4. The Morgan fingerprint density at radius 1 is 0.646 bits per heavy atom. The van der Waals surface area contributed by atoms with Crippen molar-refractivity contribution >= 4 is 35.3 Å². The van der Waals surface area contributed by atoms with Gasteiger partial charge in [0.05, 0.1) is 32.4 Å². The zero-order valence-electron chi connectivity index (χ0n) is 26.0. The summed E-state index contributed by atoms with van der Waals surface area (Å²) in [5.74, 6) is 0. The van der Waals surface area contributed by atoms with Gasteiger partial charge in [-0.2, -0.15) is 26.3 Å². The molecule has 48 heavy (non-hydrogen) atoms. The first-order valence-corrected chi connectivity index (χ1v) is 16.4. The van der Waals surface area contributed by atoms with Crippen LogP contribution in [0.4, 0.5) is 35.9 Å². The van der Waals surface area contributed by atoms with E-state index in [1.807, 2.05) is 0 Å². The number of benzene rings is 2. The standard InChI is InChI=1S/C32H38Cl2F6N4O4/c33-25-7-5-21(19-23(25)31(35,36)37)29(47)9-15-43(16-10-29)27(45)41-13-3-1-2-4-14-42-28(46)44-17-11-30(48,12-18-44)22-6-8-26(34)24(20-22)32(38,39)40/h5-8,19-20,47-48H,1-4,9-18H2,(H,41,45)(H,42,46). The molecule has 0 aromatic heterocycles. The van der Waals surface area contributed by atoms with Gasteiger partial charge in [-0.05, 0) is 73.9 Å². The Morgan fingerprint density at radius 3 is 1.29 bits per heavy atom. The van der Waals surface area contributed by atoms with Crippen molar-refractivity contribution in [3.8, 4) is 0 Å². The van der Waals surface area contributed by atoms with Gasteiger partial charge in [-0.1, -0.05) is 48.2 Å². The van der Waals surface area contributed by atoms with Gasteiger partial charge in [0.15, 0.2) is 0 Å². The number of amides is 4. The molecule has 0 spiro atoms. The average Bonchev–Trinajstić information content (AvgIpc) is 3.02. The molecule has 4 N–H and O–H groups in total. The van der Waals surface area contributed by atoms with Crippen molar-refractivity contribution in [2.45, 2.75) is 74.9 Å². The van der Waals surface area contributed by atoms with E-state index in [2.05, 4.69) is 10.6 Å². The van der Waals surface area contributed by atoms with Crippen molar-refractivity contribution in [2.75, 3.05) is 39.3 Å². The summed E-state index contributed by atoms with van der Waals surface area (Å²) in [5, 5.41) is 26.8. The third kappa shape index (κ3) is 9.39. The minimum absolute atomic E-state index is 0.0779. The monoisotopic (exact) mass is 726 g/mol. The van der Waals surface area contributed by atoms with Gasteiger partial charge in [-0.25, -0.2) is 9.59 Å². The first kappa shape index (κ1) is 37.9. The molecule has 4 rings (SSSR count). The van der Waals surface area contributed by atoms with Gasteiger partial charge in [-0.3, -0.25) is 0 Å². The molecule has 2 saturated heterocycles. The smallest absolute Gasteiger partial charge is 0.385 e. The molecule has 266 valence electrons. The van der Waals surface area contributed by atoms with Crippen LogP contribution in [0, 0.1) is 0 Å². The minimum Gasteiger partial charge on any atom is -0.385 e. The van der Waals surface area contributed by atoms with E-state index < -0.39 is 44.7 Å². The highest BCUT2D eigenvalue weighted by atomic mass is 35.5. The first-order chi connectivity index (χ1) is 22.4. The zero-order valence-corrected chi connectivity index (χ0v) is 27.5. The highest BCUT2D eigenvalue weighted by Crippen LogP contribution is 2.41. The molecule has 0 atom stereocenters. The van der Waals surface area contributed by atoms with Crippen LogP contribution in [-0.2, 0) is 23.6 Å². The topological polar surface area (TPSA) is 105 Å². The van der Waals surface area contributed by atoms with Gasteiger partial charge in [0.25, 0.3) is 0 Å². The molecule has 2 aromatic rings. The number of nitrogens with zero attached hydrogens (tertiary/aromatic N) is 2. The Hall–Kier alpha value is -2.94. The van der Waals surface area contributed by atoms with Gasteiger partial charge in [0.1, 0.15) is 0 Å². The number of urea groups is 2. The quantitative estimate of drug-likeness (QED) is 0.161. The second-order valence-electron chi connectivity index (χ2n) is 12.3. The molecule has 4 amide bonds. The lowest BCUT2D eigenvalue weighted by molar-refractivity contribution is -0.138. The van der Waals surface area contributed by atoms with Gasteiger partial charge >= 0.3 is 24.4 Å². The SMILES string of the molecule is O=C(NCCCCCCNC(=O)N1CCC(O)(c2ccc(Cl)c(C(F)(F)F)c2)CC1)N1CCC(O)(c2ccc(Cl)c(C(F)(F)F)c2)CC1. The molecule has 0 unspecified atom stereocenters. The fourth-order valence-electron chi connectivity index (χ4n) is 6.02. The lowest BCUT2D eigenvalue weighted by Crippen LogP contribution is -2.49. The summed E-state index contributed by atoms with van der Waals surface area (Å²) >= 11 is 11.4. The van der Waals surface area contributed by atoms with Crippen LogP contribution in [0.25, 0.3) is 0 Å². The number of unbranched alkanes of at least 4 members (excludes halogenated alkanes) is 3. The van der Waals surface area contributed by atoms with E-state index in [9.17, 15) is 46.1 Å². The number of hydrogen-bond donors (Lipinski definition) is 4. The molecule has 2 heterocycles. The third-order valence-electron chi connectivity index (χ3n) is 9.03. The number of carbonyl (C=O) groups excluding carboxylic acids is 2. The molecular weight excluding hydrogens is 689 g/mol. The summed E-state index contributed by atoms with van der Waals surface area (Å²) in [6, 6.07) is 6.07. The van der Waals surface area contributed by atoms with Gasteiger partial charge in [0.2, 0.25) is 0 Å². The van der Waals surface area contributed by atoms with E-state index in [4.69, 9.17) is 23.2 Å². The average molecular weight is 728 g/mol. The Kier molecular flexibility index (Phi) is 12.1. The van der Waals surface area contributed by atoms with Crippen LogP contribution in [0.1, 0.15) is 73.6 Å². The Balaban J connectivity index is 1.09. The second kappa shape index (κ2) is 15.3. The van der Waals surface area contributed by atoms with Crippen molar-refractivity contribution < 1.29 is 46.1 Å². The summed E-state index contributed by atoms with van der Waals surface area (Å²) in [6.07, 6.45) is -6.05. The van der Waals surface area contributed by atoms with E-state index >= 15 is 0 Å². The summed E-state index contributed by atoms with van der Waals surface area (Å²) in [6.45, 7) is 1.50. The van der Waals surface area contributed by atoms with Crippen molar-refractivity contribution in [2.24, 2.45) is 0 Å². The number of alkyl halides is 6. The summed E-state index contributed by atoms with van der Waals surface area (Å²) < 4.78 is 79.5. The molecule has 16 heteroatoms. The summed E-state index contributed by atoms with van der Waals surface area (Å²) in [7, 11) is 0. The van der Waals surface area contributed by atoms with Gasteiger partial charge in [0, 0.05) is 39.3 Å². The third-order valence-corrected chi connectivity index (χ3v) is 9.69. The number of likely N-dealkylation sites (tertiary alicyclic amines) is 2. The molecule has 8 nitrogen and oxygen atoms in total. The van der Waals surface area contributed by atoms with Crippen molar-refractivity contribution in [3.63, 3.8) is 0 Å². The number of nitrogens with one attached hydrogen (secondary N) is 2. The number of aliphatic hydroxyl groups is 2. The molecule has 2 aliphatic heterocycles. The fraction of sp³-hybridized carbons (Fsp3) is 0.562. The maximum atomic E-state index is 13.3. The van der Waals surface area contributed by atoms with Crippen molar-refractivity contribution in [1.29, 1.82) is 0 Å². The molecule has 2 aromatic carbocycles. The number of carbonyl (C=O) groups is 2. The number of halogens is 8. The Labute approximate surface area is 284 Å². The van der Waals surface area contributed by atoms with Crippen LogP contribution in [-0.4, -0.2) is 71.3 Å². The van der Waals surface area contributed by atoms with E-state index in [1.54, 1.807) is 0 Å². The summed E-state index contributed by atoms with van der Waals surface area (Å²) in [4.78, 5) is 28.2. The van der Waals surface area contributed by atoms with Crippen molar-refractivity contribution in [1.82, 2.24) is 20.4 Å². The van der Waals surface area contributed by atoms with Crippen LogP contribution in [0.15, 0.2) is 36.4 Å². The maximum absolute atomic E-state index is 13.3. The Morgan fingerprint density at radius 2 is 0.979 bits per heavy atom. The van der Waals surface area contributed by atoms with Gasteiger partial charge in [-0.15, -0.1) is 0 Å². The molecule has 2 fully saturated rings. The highest BCUT2D eigenvalue weighted by Gasteiger charge is 2.40. The molecule has 0 radical (unpaired) electrons. The first-order valence-electron chi connectivity index (χ1n) is 15.7. The van der Waals surface area contributed by atoms with Crippen LogP contribution in [0.5, 0.6) is 0 Å². The van der Waals surface area contributed by atoms with Crippen molar-refractivity contribution in [3.05, 3.63) is 68.7 Å². The number of hydrogen-bond acceptors (Lipinski definition) is 4. The minimum atomic E-state index is -4.65. The van der Waals surface area contributed by atoms with Gasteiger partial charge < -0.3 is 30.6 Å². The van der Waals surface area contributed by atoms with E-state index in [0.29, 0.717) is 25.9 Å². The van der Waals surface area contributed by atoms with E-state index in [-0.39, 0.29) is 75.1 Å². The number of piperidine rings is 2. The van der Waals surface area contributed by atoms with Crippen LogP contribution >= 0.6 is 23.2 Å². The second-order valence-corrected chi connectivity index (χ2v) is 13.1. The fourth-order valence-corrected chi connectivity index (χ4v) is 6.47. The number of rotatable bonds is 9. The predicted octanol–water partition coefficient (Wildman–Crippen LogP) is 7.28. The van der Waals surface area contributed by atoms with Crippen LogP contribution in [0.2, 0.25) is 10.0 Å². The predicted molar refractivity (Wildman–Crippen MR) is 168 cm³/mol. The lowest BCUT2D eigenvalue weighted by atomic mass is 9.84. The lowest BCUT2D eigenvalue weighted by Gasteiger charge is -2.38.